The van der Waals surface area contributed by atoms with Crippen LogP contribution in [0.15, 0.2) is 36.8 Å². The Labute approximate surface area is 170 Å². The summed E-state index contributed by atoms with van der Waals surface area (Å²) in [4.78, 5) is 26.3. The summed E-state index contributed by atoms with van der Waals surface area (Å²) >= 11 is 0. The molecule has 1 aromatic carbocycles. The van der Waals surface area contributed by atoms with E-state index in [9.17, 15) is 4.79 Å². The molecule has 29 heavy (non-hydrogen) atoms. The normalized spacial score (nSPS) is 23.9. The Morgan fingerprint density at radius 2 is 1.90 bits per heavy atom. The average Bonchev–Trinajstić information content (AvgIpc) is 3.29. The van der Waals surface area contributed by atoms with E-state index in [0.717, 1.165) is 61.7 Å². The van der Waals surface area contributed by atoms with E-state index < -0.39 is 0 Å². The topological polar surface area (TPSA) is 67.8 Å². The quantitative estimate of drug-likeness (QED) is 0.798. The Morgan fingerprint density at radius 1 is 1.03 bits per heavy atom. The van der Waals surface area contributed by atoms with Crippen LogP contribution in [-0.2, 0) is 4.79 Å². The standard InChI is InChI=1S/C22H26N4O3/c27-22(17-3-1-9-25(15-17)21-14-23-7-8-24-21)26-10-2-4-18(26)16-5-6-19-20(13-16)29-12-11-28-19/h5-8,13-14,17-18H,1-4,9-12,15H2/t17-,18+/m1/s1. The first kappa shape index (κ1) is 18.2. The Hall–Kier alpha value is -2.83. The van der Waals surface area contributed by atoms with Gasteiger partial charge in [-0.05, 0) is 43.4 Å². The maximum absolute atomic E-state index is 13.5. The molecule has 1 amide bonds. The van der Waals surface area contributed by atoms with Crippen molar-refractivity contribution < 1.29 is 14.3 Å². The molecule has 0 bridgehead atoms. The number of likely N-dealkylation sites (tertiary alicyclic amines) is 1. The number of nitrogens with zero attached hydrogens (tertiary/aromatic N) is 4. The van der Waals surface area contributed by atoms with Crippen LogP contribution in [0.25, 0.3) is 0 Å². The summed E-state index contributed by atoms with van der Waals surface area (Å²) in [7, 11) is 0. The third kappa shape index (κ3) is 3.61. The molecule has 0 saturated carbocycles. The minimum Gasteiger partial charge on any atom is -0.486 e. The van der Waals surface area contributed by atoms with Crippen LogP contribution in [0.4, 0.5) is 5.82 Å². The molecule has 2 fully saturated rings. The van der Waals surface area contributed by atoms with E-state index >= 15 is 0 Å². The maximum Gasteiger partial charge on any atom is 0.227 e. The highest BCUT2D eigenvalue weighted by molar-refractivity contribution is 5.80. The lowest BCUT2D eigenvalue weighted by atomic mass is 9.95. The molecule has 0 radical (unpaired) electrons. The van der Waals surface area contributed by atoms with Crippen LogP contribution in [0.5, 0.6) is 11.5 Å². The van der Waals surface area contributed by atoms with E-state index in [1.54, 1.807) is 18.6 Å². The number of piperidine rings is 1. The fraction of sp³-hybridized carbons (Fsp3) is 0.500. The lowest BCUT2D eigenvalue weighted by molar-refractivity contribution is -0.136. The van der Waals surface area contributed by atoms with E-state index in [1.165, 1.54) is 0 Å². The van der Waals surface area contributed by atoms with E-state index in [0.29, 0.717) is 19.8 Å². The molecule has 4 heterocycles. The van der Waals surface area contributed by atoms with Crippen molar-refractivity contribution in [3.8, 4) is 11.5 Å². The van der Waals surface area contributed by atoms with Gasteiger partial charge < -0.3 is 19.3 Å². The highest BCUT2D eigenvalue weighted by Gasteiger charge is 2.36. The molecule has 1 aromatic heterocycles. The highest BCUT2D eigenvalue weighted by atomic mass is 16.6. The second-order valence-corrected chi connectivity index (χ2v) is 7.94. The van der Waals surface area contributed by atoms with Gasteiger partial charge in [0.25, 0.3) is 0 Å². The van der Waals surface area contributed by atoms with Crippen LogP contribution in [0.3, 0.4) is 0 Å². The minimum atomic E-state index is 0.00330. The molecule has 5 rings (SSSR count). The number of ether oxygens (including phenoxy) is 2. The molecule has 7 heteroatoms. The van der Waals surface area contributed by atoms with Crippen LogP contribution >= 0.6 is 0 Å². The molecule has 152 valence electrons. The Bertz CT molecular complexity index is 876. The highest BCUT2D eigenvalue weighted by Crippen LogP contribution is 2.39. The first-order valence-corrected chi connectivity index (χ1v) is 10.5. The van der Waals surface area contributed by atoms with Gasteiger partial charge >= 0.3 is 0 Å². The summed E-state index contributed by atoms with van der Waals surface area (Å²) in [6.07, 6.45) is 9.12. The van der Waals surface area contributed by atoms with Crippen molar-refractivity contribution in [3.63, 3.8) is 0 Å². The zero-order valence-corrected chi connectivity index (χ0v) is 16.5. The van der Waals surface area contributed by atoms with Crippen molar-refractivity contribution >= 4 is 11.7 Å². The number of amides is 1. The molecule has 2 aromatic rings. The van der Waals surface area contributed by atoms with Crippen molar-refractivity contribution in [2.24, 2.45) is 5.92 Å². The van der Waals surface area contributed by atoms with E-state index in [2.05, 4.69) is 31.9 Å². The second kappa shape index (κ2) is 7.89. The molecule has 0 aliphatic carbocycles. The van der Waals surface area contributed by atoms with Gasteiger partial charge in [-0.3, -0.25) is 9.78 Å². The Balaban J connectivity index is 1.32. The number of fused-ring (bicyclic) bond motifs is 1. The molecular formula is C22H26N4O3. The van der Waals surface area contributed by atoms with Crippen molar-refractivity contribution in [3.05, 3.63) is 42.4 Å². The van der Waals surface area contributed by atoms with Crippen LogP contribution in [0.2, 0.25) is 0 Å². The van der Waals surface area contributed by atoms with E-state index in [1.807, 2.05) is 6.07 Å². The lowest BCUT2D eigenvalue weighted by Crippen LogP contribution is -2.45. The smallest absolute Gasteiger partial charge is 0.227 e. The van der Waals surface area contributed by atoms with Crippen LogP contribution in [0, 0.1) is 5.92 Å². The third-order valence-electron chi connectivity index (χ3n) is 6.13. The fourth-order valence-electron chi connectivity index (χ4n) is 4.72. The summed E-state index contributed by atoms with van der Waals surface area (Å²) in [5, 5.41) is 0. The SMILES string of the molecule is O=C([C@@H]1CCCN(c2cnccn2)C1)N1CCC[C@H]1c1ccc2c(c1)OCCO2. The summed E-state index contributed by atoms with van der Waals surface area (Å²) in [5.74, 6) is 2.71. The van der Waals surface area contributed by atoms with E-state index in [4.69, 9.17) is 9.47 Å². The van der Waals surface area contributed by atoms with Crippen molar-refractivity contribution in [1.29, 1.82) is 0 Å². The third-order valence-corrected chi connectivity index (χ3v) is 6.13. The summed E-state index contributed by atoms with van der Waals surface area (Å²) in [5.41, 5.74) is 1.14. The Kier molecular flexibility index (Phi) is 4.96. The minimum absolute atomic E-state index is 0.00330. The van der Waals surface area contributed by atoms with Gasteiger partial charge in [-0.15, -0.1) is 0 Å². The number of hydrogen-bond acceptors (Lipinski definition) is 6. The van der Waals surface area contributed by atoms with Gasteiger partial charge in [-0.2, -0.15) is 0 Å². The number of rotatable bonds is 3. The number of carbonyl (C=O) groups is 1. The van der Waals surface area contributed by atoms with Gasteiger partial charge in [0.05, 0.1) is 18.2 Å². The molecule has 3 aliphatic rings. The average molecular weight is 394 g/mol. The van der Waals surface area contributed by atoms with Gasteiger partial charge in [-0.1, -0.05) is 6.07 Å². The predicted octanol–water partition coefficient (Wildman–Crippen LogP) is 2.83. The molecule has 3 aliphatic heterocycles. The number of anilines is 1. The molecule has 0 unspecified atom stereocenters. The summed E-state index contributed by atoms with van der Waals surface area (Å²) in [6, 6.07) is 6.22. The molecular weight excluding hydrogens is 368 g/mol. The predicted molar refractivity (Wildman–Crippen MR) is 108 cm³/mol. The fourth-order valence-corrected chi connectivity index (χ4v) is 4.72. The van der Waals surface area contributed by atoms with Crippen molar-refractivity contribution in [2.75, 3.05) is 37.7 Å². The van der Waals surface area contributed by atoms with Gasteiger partial charge in [0.15, 0.2) is 11.5 Å². The van der Waals surface area contributed by atoms with Crippen LogP contribution in [-0.4, -0.2) is 53.6 Å². The number of hydrogen-bond donors (Lipinski definition) is 0. The number of carbonyl (C=O) groups excluding carboxylic acids is 1. The molecule has 0 spiro atoms. The van der Waals surface area contributed by atoms with Gasteiger partial charge in [0, 0.05) is 32.0 Å². The zero-order valence-electron chi connectivity index (χ0n) is 16.5. The summed E-state index contributed by atoms with van der Waals surface area (Å²) in [6.45, 7) is 3.62. The van der Waals surface area contributed by atoms with E-state index in [-0.39, 0.29) is 17.9 Å². The van der Waals surface area contributed by atoms with Gasteiger partial charge in [-0.25, -0.2) is 4.98 Å². The molecule has 2 saturated heterocycles. The number of aromatic nitrogens is 2. The molecule has 2 atom stereocenters. The first-order valence-electron chi connectivity index (χ1n) is 10.5. The van der Waals surface area contributed by atoms with Crippen LogP contribution in [0.1, 0.15) is 37.3 Å². The van der Waals surface area contributed by atoms with Gasteiger partial charge in [0.2, 0.25) is 5.91 Å². The Morgan fingerprint density at radius 3 is 2.76 bits per heavy atom. The number of benzene rings is 1. The van der Waals surface area contributed by atoms with Gasteiger partial charge in [0.1, 0.15) is 19.0 Å². The van der Waals surface area contributed by atoms with Crippen molar-refractivity contribution in [2.45, 2.75) is 31.7 Å². The summed E-state index contributed by atoms with van der Waals surface area (Å²) < 4.78 is 11.4. The van der Waals surface area contributed by atoms with Crippen LogP contribution < -0.4 is 14.4 Å². The maximum atomic E-state index is 13.5. The zero-order chi connectivity index (χ0) is 19.6. The molecule has 0 N–H and O–H groups in total. The largest absolute Gasteiger partial charge is 0.486 e. The van der Waals surface area contributed by atoms with Crippen molar-refractivity contribution in [1.82, 2.24) is 14.9 Å². The lowest BCUT2D eigenvalue weighted by Gasteiger charge is -2.36. The molecule has 7 nitrogen and oxygen atoms in total. The first-order chi connectivity index (χ1) is 14.3. The second-order valence-electron chi connectivity index (χ2n) is 7.94. The monoisotopic (exact) mass is 394 g/mol.